The molecule has 0 amide bonds. The molecule has 2 aliphatic rings. The molecule has 0 N–H and O–H groups in total. The number of nitrogens with zero attached hydrogens (tertiary/aromatic N) is 3. The third-order valence-corrected chi connectivity index (χ3v) is 4.64. The number of fused-ring (bicyclic) bond motifs is 2. The molecule has 1 aromatic carbocycles. The summed E-state index contributed by atoms with van der Waals surface area (Å²) in [6.07, 6.45) is 0. The average molecular weight is 299 g/mol. The van der Waals surface area contributed by atoms with E-state index in [1.165, 1.54) is 5.56 Å². The first-order valence-corrected chi connectivity index (χ1v) is 7.93. The Morgan fingerprint density at radius 1 is 1.05 bits per heavy atom. The Labute approximate surface area is 130 Å². The molecule has 5 nitrogen and oxygen atoms in total. The van der Waals surface area contributed by atoms with Crippen molar-refractivity contribution in [3.05, 3.63) is 23.8 Å². The van der Waals surface area contributed by atoms with Crippen molar-refractivity contribution in [2.24, 2.45) is 0 Å². The Morgan fingerprint density at radius 3 is 2.50 bits per heavy atom. The lowest BCUT2D eigenvalue weighted by Gasteiger charge is -2.35. The van der Waals surface area contributed by atoms with Gasteiger partial charge in [0.15, 0.2) is 11.5 Å². The Kier molecular flexibility index (Phi) is 3.30. The molecule has 0 bridgehead atoms. The number of rotatable bonds is 2. The molecule has 0 spiro atoms. The maximum absolute atomic E-state index is 5.48. The summed E-state index contributed by atoms with van der Waals surface area (Å²) in [5.74, 6) is 2.69. The van der Waals surface area contributed by atoms with Gasteiger partial charge in [-0.2, -0.15) is 0 Å². The Bertz CT molecular complexity index is 709. The third kappa shape index (κ3) is 2.25. The molecule has 1 saturated heterocycles. The van der Waals surface area contributed by atoms with E-state index in [2.05, 4.69) is 29.7 Å². The number of aryl methyl sites for hydroxylation is 1. The summed E-state index contributed by atoms with van der Waals surface area (Å²) >= 11 is 0. The van der Waals surface area contributed by atoms with E-state index in [-0.39, 0.29) is 0 Å². The molecule has 0 aliphatic carbocycles. The van der Waals surface area contributed by atoms with Gasteiger partial charge < -0.3 is 19.3 Å². The summed E-state index contributed by atoms with van der Waals surface area (Å²) in [6.45, 7) is 10.1. The number of hydrogen-bond donors (Lipinski definition) is 0. The zero-order chi connectivity index (χ0) is 15.1. The molecule has 1 aromatic heterocycles. The lowest BCUT2D eigenvalue weighted by Crippen LogP contribution is -2.46. The van der Waals surface area contributed by atoms with Crippen LogP contribution in [0.4, 0.5) is 5.82 Å². The number of aromatic nitrogens is 1. The van der Waals surface area contributed by atoms with Crippen LogP contribution in [0.5, 0.6) is 11.5 Å². The lowest BCUT2D eigenvalue weighted by atomic mass is 10.1. The molecule has 4 rings (SSSR count). The van der Waals surface area contributed by atoms with Gasteiger partial charge in [-0.3, -0.25) is 0 Å². The lowest BCUT2D eigenvalue weighted by molar-refractivity contribution is 0.174. The highest BCUT2D eigenvalue weighted by Crippen LogP contribution is 2.37. The van der Waals surface area contributed by atoms with Gasteiger partial charge in [0, 0.05) is 37.6 Å². The van der Waals surface area contributed by atoms with E-state index in [9.17, 15) is 0 Å². The van der Waals surface area contributed by atoms with Crippen LogP contribution in [0.3, 0.4) is 0 Å². The molecule has 2 aliphatic heterocycles. The van der Waals surface area contributed by atoms with Crippen LogP contribution in [0.2, 0.25) is 0 Å². The maximum atomic E-state index is 5.48. The summed E-state index contributed by atoms with van der Waals surface area (Å²) in [6, 6.07) is 6.22. The number of hydrogen-bond acceptors (Lipinski definition) is 5. The van der Waals surface area contributed by atoms with Crippen LogP contribution in [-0.4, -0.2) is 49.4 Å². The van der Waals surface area contributed by atoms with Gasteiger partial charge in [-0.15, -0.1) is 0 Å². The summed E-state index contributed by atoms with van der Waals surface area (Å²) in [7, 11) is 0. The van der Waals surface area contributed by atoms with Crippen molar-refractivity contribution in [2.45, 2.75) is 13.8 Å². The fraction of sp³-hybridized carbons (Fsp3) is 0.471. The monoisotopic (exact) mass is 299 g/mol. The van der Waals surface area contributed by atoms with Crippen molar-refractivity contribution in [3.63, 3.8) is 0 Å². The van der Waals surface area contributed by atoms with Crippen LogP contribution in [0.1, 0.15) is 12.5 Å². The Morgan fingerprint density at radius 2 is 1.77 bits per heavy atom. The molecule has 0 saturated carbocycles. The van der Waals surface area contributed by atoms with Crippen LogP contribution < -0.4 is 14.4 Å². The molecule has 2 aromatic rings. The first kappa shape index (κ1) is 13.6. The minimum Gasteiger partial charge on any atom is -0.454 e. The average Bonchev–Trinajstić information content (AvgIpc) is 3.00. The maximum Gasteiger partial charge on any atom is 0.231 e. The van der Waals surface area contributed by atoms with Gasteiger partial charge in [0.2, 0.25) is 6.79 Å². The number of pyridine rings is 1. The van der Waals surface area contributed by atoms with Crippen LogP contribution >= 0.6 is 0 Å². The van der Waals surface area contributed by atoms with Gasteiger partial charge >= 0.3 is 0 Å². The fourth-order valence-corrected chi connectivity index (χ4v) is 3.22. The zero-order valence-electron chi connectivity index (χ0n) is 13.1. The summed E-state index contributed by atoms with van der Waals surface area (Å²) in [4.78, 5) is 9.71. The first-order valence-electron chi connectivity index (χ1n) is 7.93. The summed E-state index contributed by atoms with van der Waals surface area (Å²) < 4.78 is 10.9. The third-order valence-electron chi connectivity index (χ3n) is 4.64. The fourth-order valence-electron chi connectivity index (χ4n) is 3.22. The highest BCUT2D eigenvalue weighted by molar-refractivity contribution is 5.87. The second-order valence-corrected chi connectivity index (χ2v) is 5.94. The molecule has 3 heterocycles. The van der Waals surface area contributed by atoms with Crippen LogP contribution in [0.25, 0.3) is 10.9 Å². The van der Waals surface area contributed by atoms with Crippen molar-refractivity contribution in [3.8, 4) is 11.5 Å². The molecule has 5 heteroatoms. The number of ether oxygens (including phenoxy) is 2. The van der Waals surface area contributed by atoms with E-state index in [1.54, 1.807) is 0 Å². The number of anilines is 1. The van der Waals surface area contributed by atoms with Crippen molar-refractivity contribution in [2.75, 3.05) is 44.4 Å². The SMILES string of the molecule is CCN1CCN(c2cc(C)c3cc4c(cc3n2)OCO4)CC1. The second-order valence-electron chi connectivity index (χ2n) is 5.94. The van der Waals surface area contributed by atoms with Crippen molar-refractivity contribution in [1.82, 2.24) is 9.88 Å². The van der Waals surface area contributed by atoms with E-state index < -0.39 is 0 Å². The van der Waals surface area contributed by atoms with Crippen molar-refractivity contribution >= 4 is 16.7 Å². The van der Waals surface area contributed by atoms with Crippen LogP contribution in [0, 0.1) is 6.92 Å². The molecule has 0 unspecified atom stereocenters. The predicted molar refractivity (Wildman–Crippen MR) is 86.9 cm³/mol. The standard InChI is InChI=1S/C17H21N3O2/c1-3-19-4-6-20(7-5-19)17-8-12(2)13-9-15-16(22-11-21-15)10-14(13)18-17/h8-10H,3-7,11H2,1-2H3. The van der Waals surface area contributed by atoms with E-state index in [0.29, 0.717) is 6.79 Å². The number of likely N-dealkylation sites (N-methyl/N-ethyl adjacent to an activating group) is 1. The molecule has 1 fully saturated rings. The van der Waals surface area contributed by atoms with Crippen LogP contribution in [0.15, 0.2) is 18.2 Å². The van der Waals surface area contributed by atoms with Gasteiger partial charge in [0.05, 0.1) is 5.52 Å². The van der Waals surface area contributed by atoms with Crippen LogP contribution in [-0.2, 0) is 0 Å². The van der Waals surface area contributed by atoms with Gasteiger partial charge in [-0.05, 0) is 31.2 Å². The molecule has 0 atom stereocenters. The van der Waals surface area contributed by atoms with E-state index in [1.807, 2.05) is 12.1 Å². The topological polar surface area (TPSA) is 37.8 Å². The first-order chi connectivity index (χ1) is 10.7. The highest BCUT2D eigenvalue weighted by atomic mass is 16.7. The minimum absolute atomic E-state index is 0.302. The molecular weight excluding hydrogens is 278 g/mol. The molecule has 22 heavy (non-hydrogen) atoms. The molecule has 116 valence electrons. The molecular formula is C17H21N3O2. The number of piperazine rings is 1. The van der Waals surface area contributed by atoms with Crippen molar-refractivity contribution in [1.29, 1.82) is 0 Å². The number of benzene rings is 1. The normalized spacial score (nSPS) is 18.2. The van der Waals surface area contributed by atoms with Gasteiger partial charge in [-0.1, -0.05) is 6.92 Å². The Balaban J connectivity index is 1.69. The highest BCUT2D eigenvalue weighted by Gasteiger charge is 2.20. The quantitative estimate of drug-likeness (QED) is 0.851. The predicted octanol–water partition coefficient (Wildman–Crippen LogP) is 2.41. The van der Waals surface area contributed by atoms with Crippen molar-refractivity contribution < 1.29 is 9.47 Å². The second kappa shape index (κ2) is 5.32. The summed E-state index contributed by atoms with van der Waals surface area (Å²) in [5, 5.41) is 1.14. The summed E-state index contributed by atoms with van der Waals surface area (Å²) in [5.41, 5.74) is 2.22. The van der Waals surface area contributed by atoms with E-state index >= 15 is 0 Å². The zero-order valence-corrected chi connectivity index (χ0v) is 13.1. The van der Waals surface area contributed by atoms with Gasteiger partial charge in [0.1, 0.15) is 5.82 Å². The molecule has 0 radical (unpaired) electrons. The Hall–Kier alpha value is -2.01. The van der Waals surface area contributed by atoms with Gasteiger partial charge in [0.25, 0.3) is 0 Å². The van der Waals surface area contributed by atoms with E-state index in [0.717, 1.165) is 60.9 Å². The van der Waals surface area contributed by atoms with E-state index in [4.69, 9.17) is 14.5 Å². The largest absolute Gasteiger partial charge is 0.454 e. The van der Waals surface area contributed by atoms with Gasteiger partial charge in [-0.25, -0.2) is 4.98 Å². The minimum atomic E-state index is 0.302. The smallest absolute Gasteiger partial charge is 0.231 e.